The van der Waals surface area contributed by atoms with Gasteiger partial charge in [0.2, 0.25) is 0 Å². The highest BCUT2D eigenvalue weighted by Gasteiger charge is 2.04. The zero-order valence-corrected chi connectivity index (χ0v) is 16.9. The van der Waals surface area contributed by atoms with Crippen molar-refractivity contribution in [3.05, 3.63) is 77.6 Å². The third-order valence-corrected chi connectivity index (χ3v) is 3.54. The Kier molecular flexibility index (Phi) is 12.1. The summed E-state index contributed by atoms with van der Waals surface area (Å²) in [4.78, 5) is 22.0. The molecule has 0 unspecified atom stereocenters. The van der Waals surface area contributed by atoms with E-state index < -0.39 is 0 Å². The molecule has 0 saturated carbocycles. The SMILES string of the molecule is C=C(CCC)c1cccc(C(=O)NC)c1.CC.CC(=O)c1cccc(F)c1. The number of carbonyl (C=O) groups is 2. The van der Waals surface area contributed by atoms with Crippen molar-refractivity contribution in [2.24, 2.45) is 0 Å². The van der Waals surface area contributed by atoms with Gasteiger partial charge in [-0.15, -0.1) is 0 Å². The van der Waals surface area contributed by atoms with Crippen molar-refractivity contribution < 1.29 is 14.0 Å². The summed E-state index contributed by atoms with van der Waals surface area (Å²) >= 11 is 0. The second-order valence-electron chi connectivity index (χ2n) is 5.58. The van der Waals surface area contributed by atoms with Gasteiger partial charge in [0, 0.05) is 18.2 Å². The molecule has 0 fully saturated rings. The lowest BCUT2D eigenvalue weighted by atomic mass is 10.0. The van der Waals surface area contributed by atoms with Gasteiger partial charge in [-0.05, 0) is 48.7 Å². The molecule has 0 aliphatic carbocycles. The molecule has 2 rings (SSSR count). The van der Waals surface area contributed by atoms with Gasteiger partial charge >= 0.3 is 0 Å². The maximum atomic E-state index is 12.4. The minimum absolute atomic E-state index is 0.0545. The highest BCUT2D eigenvalue weighted by molar-refractivity contribution is 5.95. The molecule has 2 aromatic rings. The maximum absolute atomic E-state index is 12.4. The fourth-order valence-corrected chi connectivity index (χ4v) is 2.18. The number of benzene rings is 2. The Labute approximate surface area is 162 Å². The number of carbonyl (C=O) groups excluding carboxylic acids is 2. The van der Waals surface area contributed by atoms with E-state index in [1.54, 1.807) is 13.1 Å². The van der Waals surface area contributed by atoms with Crippen LogP contribution in [0, 0.1) is 5.82 Å². The molecule has 0 saturated heterocycles. The lowest BCUT2D eigenvalue weighted by Gasteiger charge is -2.06. The van der Waals surface area contributed by atoms with E-state index in [1.807, 2.05) is 38.1 Å². The predicted molar refractivity (Wildman–Crippen MR) is 112 cm³/mol. The Morgan fingerprint density at radius 2 is 1.56 bits per heavy atom. The zero-order chi connectivity index (χ0) is 20.8. The van der Waals surface area contributed by atoms with Crippen molar-refractivity contribution in [2.45, 2.75) is 40.5 Å². The normalized spacial score (nSPS) is 9.11. The van der Waals surface area contributed by atoms with Crippen molar-refractivity contribution >= 4 is 17.3 Å². The first kappa shape index (κ1) is 24.2. The van der Waals surface area contributed by atoms with Crippen molar-refractivity contribution in [3.63, 3.8) is 0 Å². The number of rotatable bonds is 5. The van der Waals surface area contributed by atoms with E-state index in [0.29, 0.717) is 11.1 Å². The minimum Gasteiger partial charge on any atom is -0.355 e. The monoisotopic (exact) mass is 371 g/mol. The van der Waals surface area contributed by atoms with Crippen LogP contribution < -0.4 is 5.32 Å². The Morgan fingerprint density at radius 3 is 2.04 bits per heavy atom. The molecule has 4 heteroatoms. The Hall–Kier alpha value is -2.75. The first-order chi connectivity index (χ1) is 12.9. The van der Waals surface area contributed by atoms with Gasteiger partial charge in [0.1, 0.15) is 5.82 Å². The number of hydrogen-bond acceptors (Lipinski definition) is 2. The highest BCUT2D eigenvalue weighted by atomic mass is 19.1. The fourth-order valence-electron chi connectivity index (χ4n) is 2.18. The average molecular weight is 371 g/mol. The molecule has 0 radical (unpaired) electrons. The smallest absolute Gasteiger partial charge is 0.251 e. The highest BCUT2D eigenvalue weighted by Crippen LogP contribution is 2.18. The van der Waals surface area contributed by atoms with Gasteiger partial charge in [-0.1, -0.05) is 58.0 Å². The summed E-state index contributed by atoms with van der Waals surface area (Å²) in [5.41, 5.74) is 3.24. The van der Waals surface area contributed by atoms with Crippen LogP contribution in [0.5, 0.6) is 0 Å². The average Bonchev–Trinajstić information content (AvgIpc) is 2.69. The summed E-state index contributed by atoms with van der Waals surface area (Å²) < 4.78 is 12.4. The summed E-state index contributed by atoms with van der Waals surface area (Å²) in [6.45, 7) is 11.5. The van der Waals surface area contributed by atoms with Gasteiger partial charge in [0.25, 0.3) is 5.91 Å². The number of amides is 1. The van der Waals surface area contributed by atoms with Crippen molar-refractivity contribution in [1.29, 1.82) is 0 Å². The molecule has 1 N–H and O–H groups in total. The fraction of sp³-hybridized carbons (Fsp3) is 0.304. The second kappa shape index (κ2) is 13.5. The van der Waals surface area contributed by atoms with E-state index in [1.165, 1.54) is 25.1 Å². The van der Waals surface area contributed by atoms with E-state index in [0.717, 1.165) is 24.0 Å². The molecule has 0 aromatic heterocycles. The van der Waals surface area contributed by atoms with Gasteiger partial charge in [-0.3, -0.25) is 9.59 Å². The molecule has 2 aromatic carbocycles. The van der Waals surface area contributed by atoms with Crippen LogP contribution in [0.25, 0.3) is 5.57 Å². The Balaban J connectivity index is 0.000000488. The van der Waals surface area contributed by atoms with Crippen molar-refractivity contribution in [3.8, 4) is 0 Å². The molecule has 0 heterocycles. The number of halogens is 1. The summed E-state index contributed by atoms with van der Waals surface area (Å²) in [6, 6.07) is 13.2. The number of Topliss-reactive ketones (excluding diaryl/α,β-unsaturated/α-hetero) is 1. The van der Waals surface area contributed by atoms with Crippen LogP contribution >= 0.6 is 0 Å². The van der Waals surface area contributed by atoms with Crippen LogP contribution in [0.3, 0.4) is 0 Å². The molecule has 0 bridgehead atoms. The first-order valence-electron chi connectivity index (χ1n) is 9.15. The lowest BCUT2D eigenvalue weighted by Crippen LogP contribution is -2.17. The molecule has 0 aliphatic rings. The molecule has 0 aliphatic heterocycles. The summed E-state index contributed by atoms with van der Waals surface area (Å²) in [6.07, 6.45) is 2.04. The van der Waals surface area contributed by atoms with Crippen molar-refractivity contribution in [2.75, 3.05) is 7.05 Å². The summed E-state index contributed by atoms with van der Waals surface area (Å²) in [7, 11) is 1.63. The van der Waals surface area contributed by atoms with E-state index in [2.05, 4.69) is 18.8 Å². The van der Waals surface area contributed by atoms with Gasteiger partial charge < -0.3 is 5.32 Å². The Bertz CT molecular complexity index is 754. The lowest BCUT2D eigenvalue weighted by molar-refractivity contribution is 0.0961. The van der Waals surface area contributed by atoms with Gasteiger partial charge in [-0.2, -0.15) is 0 Å². The van der Waals surface area contributed by atoms with Crippen LogP contribution in [0.1, 0.15) is 66.8 Å². The molecule has 27 heavy (non-hydrogen) atoms. The summed E-state index contributed by atoms with van der Waals surface area (Å²) in [5.74, 6) is -0.534. The molecule has 3 nitrogen and oxygen atoms in total. The van der Waals surface area contributed by atoms with E-state index in [9.17, 15) is 14.0 Å². The quantitative estimate of drug-likeness (QED) is 0.664. The first-order valence-corrected chi connectivity index (χ1v) is 9.15. The summed E-state index contributed by atoms with van der Waals surface area (Å²) in [5, 5.41) is 2.61. The Morgan fingerprint density at radius 1 is 1.00 bits per heavy atom. The van der Waals surface area contributed by atoms with Crippen molar-refractivity contribution in [1.82, 2.24) is 5.32 Å². The minimum atomic E-state index is -0.368. The van der Waals surface area contributed by atoms with Crippen LogP contribution in [-0.4, -0.2) is 18.7 Å². The third kappa shape index (κ3) is 8.95. The number of hydrogen-bond donors (Lipinski definition) is 1. The molecule has 0 spiro atoms. The molecule has 0 atom stereocenters. The number of allylic oxidation sites excluding steroid dienone is 1. The standard InChI is InChI=1S/C13H17NO.C8H7FO.C2H6/c1-4-6-10(2)11-7-5-8-12(9-11)13(15)14-3;1-6(10)7-3-2-4-8(9)5-7;1-2/h5,7-9H,2,4,6H2,1,3H3,(H,14,15);2-5H,1H3;1-2H3. The van der Waals surface area contributed by atoms with Gasteiger partial charge in [0.15, 0.2) is 5.78 Å². The number of nitrogens with one attached hydrogen (secondary N) is 1. The van der Waals surface area contributed by atoms with Crippen LogP contribution in [-0.2, 0) is 0 Å². The third-order valence-electron chi connectivity index (χ3n) is 3.54. The maximum Gasteiger partial charge on any atom is 0.251 e. The molecular weight excluding hydrogens is 341 g/mol. The zero-order valence-electron chi connectivity index (χ0n) is 16.9. The largest absolute Gasteiger partial charge is 0.355 e. The second-order valence-corrected chi connectivity index (χ2v) is 5.58. The van der Waals surface area contributed by atoms with E-state index >= 15 is 0 Å². The van der Waals surface area contributed by atoms with E-state index in [-0.39, 0.29) is 17.5 Å². The van der Waals surface area contributed by atoms with Crippen LogP contribution in [0.2, 0.25) is 0 Å². The van der Waals surface area contributed by atoms with Crippen LogP contribution in [0.4, 0.5) is 4.39 Å². The van der Waals surface area contributed by atoms with E-state index in [4.69, 9.17) is 0 Å². The molecule has 1 amide bonds. The number of ketones is 1. The topological polar surface area (TPSA) is 46.2 Å². The van der Waals surface area contributed by atoms with Gasteiger partial charge in [0.05, 0.1) is 0 Å². The predicted octanol–water partition coefficient (Wildman–Crippen LogP) is 5.91. The van der Waals surface area contributed by atoms with Crippen LogP contribution in [0.15, 0.2) is 55.1 Å². The molecule has 146 valence electrons. The van der Waals surface area contributed by atoms with Gasteiger partial charge in [-0.25, -0.2) is 4.39 Å². The molecular formula is C23H30FNO2.